The highest BCUT2D eigenvalue weighted by Gasteiger charge is 2.38. The quantitative estimate of drug-likeness (QED) is 0.0271. The van der Waals surface area contributed by atoms with Crippen LogP contribution in [0.5, 0.6) is 11.5 Å². The van der Waals surface area contributed by atoms with E-state index in [4.69, 9.17) is 21.9 Å². The number of nitrogens with one attached hydrogen (secondary N) is 4. The summed E-state index contributed by atoms with van der Waals surface area (Å²) in [5.41, 5.74) is -0.440. The van der Waals surface area contributed by atoms with E-state index in [0.717, 1.165) is 12.1 Å². The number of phenolic OH excluding ortho intramolecular Hbond substituents is 2. The zero-order chi connectivity index (χ0) is 34.3. The van der Waals surface area contributed by atoms with Gasteiger partial charge in [-0.3, -0.25) is 38.8 Å². The van der Waals surface area contributed by atoms with Gasteiger partial charge in [-0.05, 0) is 38.1 Å². The first kappa shape index (κ1) is 35.2. The van der Waals surface area contributed by atoms with Crippen LogP contribution < -0.4 is 33.0 Å². The fourth-order valence-electron chi connectivity index (χ4n) is 4.75. The highest BCUT2D eigenvalue weighted by molar-refractivity contribution is 6.33. The Balaban J connectivity index is 1.78. The summed E-state index contributed by atoms with van der Waals surface area (Å²) in [5.74, 6) is 4.65. The Morgan fingerprint density at radius 2 is 1.00 bits per heavy atom. The molecule has 1 aliphatic carbocycles. The average Bonchev–Trinajstić information content (AvgIpc) is 2.99. The number of aliphatic carboxylic acids is 2. The van der Waals surface area contributed by atoms with E-state index in [-0.39, 0.29) is 59.8 Å². The minimum absolute atomic E-state index is 0.0777. The second-order valence-corrected chi connectivity index (χ2v) is 10.3. The maximum Gasteiger partial charge on any atom is 0.324 e. The van der Waals surface area contributed by atoms with Crippen molar-refractivity contribution in [2.24, 2.45) is 11.7 Å². The summed E-state index contributed by atoms with van der Waals surface area (Å²) in [4.78, 5) is 73.5. The van der Waals surface area contributed by atoms with Crippen molar-refractivity contribution in [3.8, 4) is 11.5 Å². The Kier molecular flexibility index (Phi) is 11.6. The predicted octanol–water partition coefficient (Wildman–Crippen LogP) is -1.77. The third-order valence-electron chi connectivity index (χ3n) is 6.98. The number of amides is 2. The molecule has 2 aromatic carbocycles. The number of carbonyl (C=O) groups excluding carboxylic acids is 4. The van der Waals surface area contributed by atoms with Gasteiger partial charge in [-0.1, -0.05) is 0 Å². The largest absolute Gasteiger partial charge is 0.507 e. The van der Waals surface area contributed by atoms with Crippen LogP contribution in [-0.4, -0.2) is 117 Å². The van der Waals surface area contributed by atoms with Gasteiger partial charge in [0.2, 0.25) is 11.6 Å². The van der Waals surface area contributed by atoms with Crippen molar-refractivity contribution in [3.63, 3.8) is 0 Å². The summed E-state index contributed by atoms with van der Waals surface area (Å²) in [5, 5.41) is 51.5. The van der Waals surface area contributed by atoms with Crippen LogP contribution in [0.15, 0.2) is 24.3 Å². The van der Waals surface area contributed by atoms with Crippen LogP contribution in [0.3, 0.4) is 0 Å². The Bertz CT molecular complexity index is 1440. The van der Waals surface area contributed by atoms with Gasteiger partial charge in [0, 0.05) is 37.6 Å². The summed E-state index contributed by atoms with van der Waals surface area (Å²) in [6.45, 7) is 2.21. The Morgan fingerprint density at radius 1 is 0.652 bits per heavy atom. The molecule has 0 saturated carbocycles. The second kappa shape index (κ2) is 15.1. The van der Waals surface area contributed by atoms with Crippen LogP contribution in [0.1, 0.15) is 45.7 Å². The number of fused-ring (bicyclic) bond motifs is 2. The first-order valence-corrected chi connectivity index (χ1v) is 14.0. The van der Waals surface area contributed by atoms with Crippen LogP contribution >= 0.6 is 0 Å². The van der Waals surface area contributed by atoms with Crippen molar-refractivity contribution >= 4 is 46.7 Å². The number of ketones is 2. The molecule has 2 atom stereocenters. The van der Waals surface area contributed by atoms with Gasteiger partial charge in [-0.2, -0.15) is 0 Å². The van der Waals surface area contributed by atoms with Crippen LogP contribution in [0.2, 0.25) is 0 Å². The van der Waals surface area contributed by atoms with Crippen LogP contribution in [0, 0.1) is 0 Å². The number of nitrogens with two attached hydrogens (primary N) is 2. The maximum atomic E-state index is 13.7. The molecular formula is C28H36N8O10. The van der Waals surface area contributed by atoms with Crippen molar-refractivity contribution in [1.82, 2.24) is 20.7 Å². The molecule has 0 fully saturated rings. The number of hydrazine groups is 2. The number of carboxylic acid groups (broad SMARTS) is 2. The van der Waals surface area contributed by atoms with E-state index in [2.05, 4.69) is 21.3 Å². The standard InChI is InChI=1S/C28H36N8O10/c1-13(27(45)35(29)11-19(39)40)31-7-9-33-15-3-4-16(34-10-8-32-14(2)28(46)36(30)12-20(41)42)22-21(15)25(43)23-17(37)5-6-18(38)24(23)26(22)44/h3-6,13-14,31-34,37-38H,7-12,29-30H2,1-2H3,(H,39,40)(H,41,42)/t13-,14-/m0/s1. The van der Waals surface area contributed by atoms with E-state index in [0.29, 0.717) is 10.0 Å². The number of hydrogen-bond donors (Lipinski definition) is 10. The highest BCUT2D eigenvalue weighted by atomic mass is 16.4. The normalized spacial score (nSPS) is 13.2. The first-order valence-electron chi connectivity index (χ1n) is 14.0. The summed E-state index contributed by atoms with van der Waals surface area (Å²) < 4.78 is 0. The van der Waals surface area contributed by atoms with Crippen molar-refractivity contribution < 1.29 is 49.2 Å². The molecule has 0 radical (unpaired) electrons. The van der Waals surface area contributed by atoms with Crippen molar-refractivity contribution in [1.29, 1.82) is 0 Å². The van der Waals surface area contributed by atoms with Gasteiger partial charge in [0.1, 0.15) is 24.6 Å². The molecular weight excluding hydrogens is 608 g/mol. The van der Waals surface area contributed by atoms with E-state index in [1.807, 2.05) is 0 Å². The number of nitrogens with zero attached hydrogens (tertiary/aromatic N) is 2. The molecule has 0 unspecified atom stereocenters. The number of hydrogen-bond acceptors (Lipinski definition) is 14. The van der Waals surface area contributed by atoms with E-state index in [1.54, 1.807) is 0 Å². The lowest BCUT2D eigenvalue weighted by atomic mass is 9.81. The van der Waals surface area contributed by atoms with E-state index >= 15 is 0 Å². The summed E-state index contributed by atoms with van der Waals surface area (Å²) in [6.07, 6.45) is 0. The van der Waals surface area contributed by atoms with Gasteiger partial charge in [0.15, 0.2) is 0 Å². The van der Waals surface area contributed by atoms with Gasteiger partial charge in [0.25, 0.3) is 11.8 Å². The molecule has 1 aliphatic rings. The van der Waals surface area contributed by atoms with E-state index < -0.39 is 72.0 Å². The number of carbonyl (C=O) groups is 6. The molecule has 0 aromatic heterocycles. The number of anilines is 2. The fraction of sp³-hybridized carbons (Fsp3) is 0.357. The van der Waals surface area contributed by atoms with Crippen molar-refractivity contribution in [2.75, 3.05) is 49.9 Å². The first-order chi connectivity index (χ1) is 21.6. The minimum Gasteiger partial charge on any atom is -0.507 e. The van der Waals surface area contributed by atoms with Crippen molar-refractivity contribution in [3.05, 3.63) is 46.5 Å². The predicted molar refractivity (Wildman–Crippen MR) is 162 cm³/mol. The highest BCUT2D eigenvalue weighted by Crippen LogP contribution is 2.42. The lowest BCUT2D eigenvalue weighted by Gasteiger charge is -2.25. The number of carboxylic acids is 2. The molecule has 0 bridgehead atoms. The smallest absolute Gasteiger partial charge is 0.324 e. The second-order valence-electron chi connectivity index (χ2n) is 10.3. The summed E-state index contributed by atoms with van der Waals surface area (Å²) >= 11 is 0. The van der Waals surface area contributed by atoms with E-state index in [9.17, 15) is 39.0 Å². The molecule has 3 rings (SSSR count). The van der Waals surface area contributed by atoms with E-state index in [1.165, 1.54) is 26.0 Å². The molecule has 18 nitrogen and oxygen atoms in total. The van der Waals surface area contributed by atoms with Gasteiger partial charge in [-0.25, -0.2) is 11.7 Å². The molecule has 12 N–H and O–H groups in total. The Labute approximate surface area is 262 Å². The average molecular weight is 645 g/mol. The molecule has 0 spiro atoms. The fourth-order valence-corrected chi connectivity index (χ4v) is 4.75. The zero-order valence-electron chi connectivity index (χ0n) is 25.0. The van der Waals surface area contributed by atoms with Crippen LogP contribution in [-0.2, 0) is 19.2 Å². The number of benzene rings is 2. The number of phenols is 2. The van der Waals surface area contributed by atoms with Gasteiger partial charge < -0.3 is 41.7 Å². The van der Waals surface area contributed by atoms with Gasteiger partial charge in [0.05, 0.1) is 34.3 Å². The third-order valence-corrected chi connectivity index (χ3v) is 6.98. The Morgan fingerprint density at radius 3 is 1.33 bits per heavy atom. The molecule has 2 aromatic rings. The topological polar surface area (TPSA) is 290 Å². The lowest BCUT2D eigenvalue weighted by molar-refractivity contribution is -0.145. The van der Waals surface area contributed by atoms with Gasteiger partial charge >= 0.3 is 11.9 Å². The number of rotatable bonds is 16. The lowest BCUT2D eigenvalue weighted by Crippen LogP contribution is -2.50. The molecule has 0 heterocycles. The van der Waals surface area contributed by atoms with Gasteiger partial charge in [-0.15, -0.1) is 0 Å². The molecule has 46 heavy (non-hydrogen) atoms. The van der Waals surface area contributed by atoms with Crippen LogP contribution in [0.4, 0.5) is 11.4 Å². The minimum atomic E-state index is -1.27. The molecule has 2 amide bonds. The zero-order valence-corrected chi connectivity index (χ0v) is 25.0. The van der Waals surface area contributed by atoms with Crippen LogP contribution in [0.25, 0.3) is 0 Å². The molecule has 0 aliphatic heterocycles. The van der Waals surface area contributed by atoms with Crippen molar-refractivity contribution in [2.45, 2.75) is 25.9 Å². The SMILES string of the molecule is C[C@H](NCCNc1ccc(NCCN[C@@H](C)C(=O)N(N)CC(=O)O)c2c1C(=O)c1c(O)ccc(O)c1C2=O)C(=O)N(N)CC(=O)O. The monoisotopic (exact) mass is 644 g/mol. The molecule has 18 heteroatoms. The summed E-state index contributed by atoms with van der Waals surface area (Å²) in [6, 6.07) is 3.58. The molecule has 248 valence electrons. The summed E-state index contributed by atoms with van der Waals surface area (Å²) in [7, 11) is 0. The maximum absolute atomic E-state index is 13.7. The Hall–Kier alpha value is -5.30. The molecule has 0 saturated heterocycles. The third kappa shape index (κ3) is 8.04. The number of aromatic hydroxyl groups is 2.